The second kappa shape index (κ2) is 11.6. The van der Waals surface area contributed by atoms with Gasteiger partial charge in [0.2, 0.25) is 0 Å². The van der Waals surface area contributed by atoms with Crippen LogP contribution in [0.2, 0.25) is 0 Å². The molecule has 6 rings (SSSR count). The number of nitriles is 1. The van der Waals surface area contributed by atoms with Gasteiger partial charge in [-0.1, -0.05) is 24.3 Å². The van der Waals surface area contributed by atoms with Crippen LogP contribution in [0.5, 0.6) is 0 Å². The topological polar surface area (TPSA) is 77.6 Å². The second-order valence-electron chi connectivity index (χ2n) is 11.3. The summed E-state index contributed by atoms with van der Waals surface area (Å²) in [5, 5.41) is 9.50. The number of rotatable bonds is 5. The summed E-state index contributed by atoms with van der Waals surface area (Å²) in [6, 6.07) is 22.8. The molecule has 0 N–H and O–H groups in total. The number of benzene rings is 2. The van der Waals surface area contributed by atoms with Gasteiger partial charge in [0, 0.05) is 57.1 Å². The molecule has 9 heteroatoms. The number of halogens is 1. The van der Waals surface area contributed by atoms with E-state index in [4.69, 9.17) is 4.74 Å². The molecule has 216 valence electrons. The Morgan fingerprint density at radius 3 is 2.29 bits per heavy atom. The largest absolute Gasteiger partial charge is 0.378 e. The minimum Gasteiger partial charge on any atom is -0.378 e. The van der Waals surface area contributed by atoms with Crippen LogP contribution in [0.3, 0.4) is 0 Å². The number of hydrogen-bond donors (Lipinski definition) is 0. The summed E-state index contributed by atoms with van der Waals surface area (Å²) >= 11 is 0. The average molecular weight is 567 g/mol. The summed E-state index contributed by atoms with van der Waals surface area (Å²) < 4.78 is 21.1. The van der Waals surface area contributed by atoms with Crippen LogP contribution < -0.4 is 15.4 Å². The molecule has 2 aromatic heterocycles. The molecule has 2 aromatic carbocycles. The maximum Gasteiger partial charge on any atom is 0.252 e. The molecule has 0 radical (unpaired) electrons. The van der Waals surface area contributed by atoms with Crippen LogP contribution in [0, 0.1) is 17.1 Å². The summed E-state index contributed by atoms with van der Waals surface area (Å²) in [6.45, 7) is 8.92. The fourth-order valence-electron chi connectivity index (χ4n) is 6.35. The highest BCUT2D eigenvalue weighted by atomic mass is 19.1. The molecule has 0 aliphatic carbocycles. The minimum atomic E-state index is -0.256. The van der Waals surface area contributed by atoms with Crippen molar-refractivity contribution < 1.29 is 9.13 Å². The zero-order valence-electron chi connectivity index (χ0n) is 24.2. The molecule has 8 nitrogen and oxygen atoms in total. The lowest BCUT2D eigenvalue weighted by atomic mass is 9.93. The average Bonchev–Trinajstić information content (AvgIpc) is 3.02. The standard InChI is InChI=1S/C33H35FN6O2/c1-22-21-40(23(2)20-39(22)30-18-31(41)37(3)29-13-10-27(19-35)36-32(29)30)33(24-4-8-26(34)9-5-24)25-6-11-28(12-7-25)38-14-16-42-17-15-38/h4-13,18,22-23,33H,14-17,20-21H2,1-3H3/t22-,23?,33?/m0/s1. The van der Waals surface area contributed by atoms with E-state index in [0.29, 0.717) is 29.8 Å². The quantitative estimate of drug-likeness (QED) is 0.353. The number of aromatic nitrogens is 2. The van der Waals surface area contributed by atoms with Gasteiger partial charge in [-0.05, 0) is 61.4 Å². The number of nitrogens with zero attached hydrogens (tertiary/aromatic N) is 6. The molecule has 4 heterocycles. The Hall–Kier alpha value is -4.26. The van der Waals surface area contributed by atoms with E-state index in [1.807, 2.05) is 12.1 Å². The van der Waals surface area contributed by atoms with E-state index >= 15 is 0 Å². The lowest BCUT2D eigenvalue weighted by molar-refractivity contribution is 0.122. The first kappa shape index (κ1) is 27.9. The van der Waals surface area contributed by atoms with E-state index in [0.717, 1.165) is 43.1 Å². The summed E-state index contributed by atoms with van der Waals surface area (Å²) in [5.41, 5.74) is 5.65. The van der Waals surface area contributed by atoms with Gasteiger partial charge < -0.3 is 19.1 Å². The highest BCUT2D eigenvalue weighted by Gasteiger charge is 2.36. The molecule has 0 amide bonds. The van der Waals surface area contributed by atoms with Crippen molar-refractivity contribution >= 4 is 22.4 Å². The molecule has 0 bridgehead atoms. The summed E-state index contributed by atoms with van der Waals surface area (Å²) in [6.07, 6.45) is 0. The first-order valence-electron chi connectivity index (χ1n) is 14.5. The lowest BCUT2D eigenvalue weighted by Gasteiger charge is -2.48. The first-order chi connectivity index (χ1) is 20.3. The van der Waals surface area contributed by atoms with Crippen molar-refractivity contribution in [3.05, 3.63) is 99.7 Å². The number of hydrogen-bond acceptors (Lipinski definition) is 7. The number of piperazine rings is 1. The minimum absolute atomic E-state index is 0.0413. The highest BCUT2D eigenvalue weighted by molar-refractivity contribution is 5.89. The molecule has 42 heavy (non-hydrogen) atoms. The van der Waals surface area contributed by atoms with Gasteiger partial charge in [-0.3, -0.25) is 9.69 Å². The summed E-state index contributed by atoms with van der Waals surface area (Å²) in [5.74, 6) is -0.256. The van der Waals surface area contributed by atoms with E-state index in [1.165, 1.54) is 17.8 Å². The predicted octanol–water partition coefficient (Wildman–Crippen LogP) is 4.47. The third kappa shape index (κ3) is 5.24. The van der Waals surface area contributed by atoms with Gasteiger partial charge >= 0.3 is 0 Å². The summed E-state index contributed by atoms with van der Waals surface area (Å²) in [4.78, 5) is 24.6. The molecule has 2 aliphatic heterocycles. The van der Waals surface area contributed by atoms with E-state index in [1.54, 1.807) is 29.8 Å². The molecule has 3 atom stereocenters. The van der Waals surface area contributed by atoms with E-state index in [2.05, 4.69) is 63.9 Å². The number of fused-ring (bicyclic) bond motifs is 1. The Kier molecular flexibility index (Phi) is 7.67. The smallest absolute Gasteiger partial charge is 0.252 e. The third-order valence-corrected chi connectivity index (χ3v) is 8.63. The van der Waals surface area contributed by atoms with Crippen molar-refractivity contribution in [2.45, 2.75) is 32.0 Å². The van der Waals surface area contributed by atoms with Gasteiger partial charge in [-0.15, -0.1) is 0 Å². The molecule has 0 spiro atoms. The van der Waals surface area contributed by atoms with Crippen LogP contribution in [0.4, 0.5) is 15.8 Å². The van der Waals surface area contributed by atoms with Crippen LogP contribution in [-0.4, -0.2) is 65.9 Å². The molecule has 2 unspecified atom stereocenters. The molecule has 2 aliphatic rings. The zero-order chi connectivity index (χ0) is 29.4. The van der Waals surface area contributed by atoms with E-state index < -0.39 is 0 Å². The summed E-state index contributed by atoms with van der Waals surface area (Å²) in [7, 11) is 1.73. The van der Waals surface area contributed by atoms with Crippen LogP contribution >= 0.6 is 0 Å². The molecule has 2 saturated heterocycles. The number of morpholine rings is 1. The van der Waals surface area contributed by atoms with Gasteiger partial charge in [0.25, 0.3) is 5.56 Å². The van der Waals surface area contributed by atoms with E-state index in [-0.39, 0.29) is 29.5 Å². The molecular weight excluding hydrogens is 531 g/mol. The molecular formula is C33H35FN6O2. The van der Waals surface area contributed by atoms with Gasteiger partial charge in [0.05, 0.1) is 30.5 Å². The number of aryl methyl sites for hydroxylation is 1. The van der Waals surface area contributed by atoms with Crippen LogP contribution in [0.25, 0.3) is 11.0 Å². The van der Waals surface area contributed by atoms with Gasteiger partial charge in [0.1, 0.15) is 23.1 Å². The van der Waals surface area contributed by atoms with Crippen molar-refractivity contribution in [2.75, 3.05) is 49.2 Å². The fraction of sp³-hybridized carbons (Fsp3) is 0.364. The van der Waals surface area contributed by atoms with Gasteiger partial charge in [-0.2, -0.15) is 5.26 Å². The second-order valence-corrected chi connectivity index (χ2v) is 11.3. The van der Waals surface area contributed by atoms with Crippen LogP contribution in [-0.2, 0) is 11.8 Å². The Morgan fingerprint density at radius 2 is 1.62 bits per heavy atom. The number of anilines is 2. The zero-order valence-corrected chi connectivity index (χ0v) is 24.2. The van der Waals surface area contributed by atoms with Crippen LogP contribution in [0.1, 0.15) is 36.7 Å². The fourth-order valence-corrected chi connectivity index (χ4v) is 6.35. The SMILES string of the molecule is CC1CN(c2cc(=O)n(C)c3ccc(C#N)nc23)[C@@H](C)CN1C(c1ccc(F)cc1)c1ccc(N2CCOCC2)cc1. The normalized spacial score (nSPS) is 20.5. The molecule has 0 saturated carbocycles. The Morgan fingerprint density at radius 1 is 0.952 bits per heavy atom. The van der Waals surface area contributed by atoms with Crippen molar-refractivity contribution in [3.63, 3.8) is 0 Å². The lowest BCUT2D eigenvalue weighted by Crippen LogP contribution is -2.57. The Labute approximate surface area is 245 Å². The number of ether oxygens (including phenoxy) is 1. The van der Waals surface area contributed by atoms with Gasteiger partial charge in [0.15, 0.2) is 0 Å². The van der Waals surface area contributed by atoms with E-state index in [9.17, 15) is 14.4 Å². The predicted molar refractivity (Wildman–Crippen MR) is 162 cm³/mol. The maximum atomic E-state index is 14.0. The first-order valence-corrected chi connectivity index (χ1v) is 14.5. The van der Waals surface area contributed by atoms with Gasteiger partial charge in [-0.25, -0.2) is 9.37 Å². The Bertz CT molecular complexity index is 1670. The van der Waals surface area contributed by atoms with Crippen molar-refractivity contribution in [2.24, 2.45) is 7.05 Å². The third-order valence-electron chi connectivity index (χ3n) is 8.63. The highest BCUT2D eigenvalue weighted by Crippen LogP contribution is 2.36. The number of pyridine rings is 2. The van der Waals surface area contributed by atoms with Crippen molar-refractivity contribution in [1.29, 1.82) is 5.26 Å². The Balaban J connectivity index is 1.35. The van der Waals surface area contributed by atoms with Crippen LogP contribution in [0.15, 0.2) is 71.5 Å². The molecule has 2 fully saturated rings. The van der Waals surface area contributed by atoms with Crippen molar-refractivity contribution in [3.8, 4) is 6.07 Å². The maximum absolute atomic E-state index is 14.0. The monoisotopic (exact) mass is 566 g/mol. The molecule has 4 aromatic rings. The van der Waals surface area contributed by atoms with Crippen molar-refractivity contribution in [1.82, 2.24) is 14.5 Å².